The van der Waals surface area contributed by atoms with Crippen LogP contribution in [-0.4, -0.2) is 27.2 Å². The van der Waals surface area contributed by atoms with Gasteiger partial charge in [0.05, 0.1) is 6.04 Å². The van der Waals surface area contributed by atoms with Crippen molar-refractivity contribution in [1.82, 2.24) is 14.8 Å². The van der Waals surface area contributed by atoms with Crippen molar-refractivity contribution in [2.24, 2.45) is 5.73 Å². The average Bonchev–Trinajstić information content (AvgIpc) is 2.83. The van der Waals surface area contributed by atoms with E-state index in [1.54, 1.807) is 0 Å². The summed E-state index contributed by atoms with van der Waals surface area (Å²) in [5, 5.41) is 6.93. The highest BCUT2D eigenvalue weighted by Crippen LogP contribution is 2.30. The third-order valence-corrected chi connectivity index (χ3v) is 3.17. The maximum absolute atomic E-state index is 13.9. The zero-order valence-electron chi connectivity index (χ0n) is 10.3. The molecule has 1 aromatic carbocycles. The maximum atomic E-state index is 13.9. The molecule has 3 N–H and O–H groups in total. The van der Waals surface area contributed by atoms with Gasteiger partial charge in [-0.15, -0.1) is 5.10 Å². The monoisotopic (exact) mass is 279 g/mol. The number of nitrogens with two attached hydrogens (primary N) is 1. The van der Waals surface area contributed by atoms with Crippen molar-refractivity contribution < 1.29 is 13.6 Å². The summed E-state index contributed by atoms with van der Waals surface area (Å²) in [7, 11) is 0. The fourth-order valence-corrected chi connectivity index (χ4v) is 2.27. The molecule has 0 saturated heterocycles. The van der Waals surface area contributed by atoms with Gasteiger partial charge in [0.2, 0.25) is 11.8 Å². The Morgan fingerprint density at radius 3 is 2.95 bits per heavy atom. The van der Waals surface area contributed by atoms with E-state index in [0.29, 0.717) is 24.5 Å². The minimum Gasteiger partial charge on any atom is -0.363 e. The first-order valence-corrected chi connectivity index (χ1v) is 6.01. The van der Waals surface area contributed by atoms with E-state index in [0.717, 1.165) is 6.07 Å². The first-order valence-electron chi connectivity index (χ1n) is 6.01. The van der Waals surface area contributed by atoms with Crippen LogP contribution in [0, 0.1) is 11.6 Å². The highest BCUT2D eigenvalue weighted by Gasteiger charge is 2.27. The lowest BCUT2D eigenvalue weighted by Gasteiger charge is -2.24. The van der Waals surface area contributed by atoms with E-state index in [1.165, 1.54) is 16.8 Å². The number of primary amides is 1. The molecule has 1 unspecified atom stereocenters. The Balaban J connectivity index is 2.07. The number of carbonyl (C=O) groups is 1. The van der Waals surface area contributed by atoms with Crippen LogP contribution >= 0.6 is 0 Å². The fourth-order valence-electron chi connectivity index (χ4n) is 2.27. The summed E-state index contributed by atoms with van der Waals surface area (Å²) in [4.78, 5) is 15.0. The van der Waals surface area contributed by atoms with Gasteiger partial charge < -0.3 is 11.1 Å². The van der Waals surface area contributed by atoms with Gasteiger partial charge in [-0.05, 0) is 12.5 Å². The molecular weight excluding hydrogens is 268 g/mol. The highest BCUT2D eigenvalue weighted by molar-refractivity contribution is 5.89. The van der Waals surface area contributed by atoms with Gasteiger partial charge >= 0.3 is 0 Å². The number of anilines is 1. The lowest BCUT2D eigenvalue weighted by molar-refractivity contribution is 0.0990. The predicted molar refractivity (Wildman–Crippen MR) is 66.1 cm³/mol. The van der Waals surface area contributed by atoms with Gasteiger partial charge in [-0.3, -0.25) is 4.79 Å². The van der Waals surface area contributed by atoms with Crippen LogP contribution in [-0.2, 0) is 0 Å². The van der Waals surface area contributed by atoms with Crippen LogP contribution < -0.4 is 11.1 Å². The van der Waals surface area contributed by atoms with Gasteiger partial charge in [-0.25, -0.2) is 13.5 Å². The number of aromatic nitrogens is 3. The van der Waals surface area contributed by atoms with Crippen LogP contribution in [0.1, 0.15) is 28.6 Å². The van der Waals surface area contributed by atoms with Crippen molar-refractivity contribution in [1.29, 1.82) is 0 Å². The second-order valence-corrected chi connectivity index (χ2v) is 4.46. The molecule has 0 bridgehead atoms. The molecular formula is C12H11F2N5O. The Morgan fingerprint density at radius 1 is 1.45 bits per heavy atom. The third-order valence-electron chi connectivity index (χ3n) is 3.17. The molecule has 8 heteroatoms. The van der Waals surface area contributed by atoms with E-state index in [-0.39, 0.29) is 5.82 Å². The molecule has 0 spiro atoms. The Morgan fingerprint density at radius 2 is 2.25 bits per heavy atom. The fraction of sp³-hybridized carbons (Fsp3) is 0.250. The van der Waals surface area contributed by atoms with Crippen LogP contribution in [0.25, 0.3) is 0 Å². The predicted octanol–water partition coefficient (Wildman–Crippen LogP) is 1.06. The quantitative estimate of drug-likeness (QED) is 0.860. The second kappa shape index (κ2) is 4.55. The first-order chi connectivity index (χ1) is 9.56. The van der Waals surface area contributed by atoms with Crippen LogP contribution in [0.15, 0.2) is 18.2 Å². The summed E-state index contributed by atoms with van der Waals surface area (Å²) in [6.45, 7) is 0.540. The number of hydrogen-bond acceptors (Lipinski definition) is 4. The van der Waals surface area contributed by atoms with Crippen molar-refractivity contribution in [2.45, 2.75) is 12.5 Å². The van der Waals surface area contributed by atoms with Crippen molar-refractivity contribution in [3.63, 3.8) is 0 Å². The summed E-state index contributed by atoms with van der Waals surface area (Å²) < 4.78 is 28.3. The molecule has 1 amide bonds. The zero-order chi connectivity index (χ0) is 14.3. The van der Waals surface area contributed by atoms with E-state index < -0.39 is 23.6 Å². The molecule has 1 aliphatic heterocycles. The molecule has 1 atom stereocenters. The highest BCUT2D eigenvalue weighted by atomic mass is 19.1. The summed E-state index contributed by atoms with van der Waals surface area (Å²) in [5.74, 6) is -1.84. The van der Waals surface area contributed by atoms with E-state index in [9.17, 15) is 13.6 Å². The average molecular weight is 279 g/mol. The summed E-state index contributed by atoms with van der Waals surface area (Å²) >= 11 is 0. The van der Waals surface area contributed by atoms with Crippen LogP contribution in [0.5, 0.6) is 0 Å². The number of nitrogens with zero attached hydrogens (tertiary/aromatic N) is 3. The first kappa shape index (κ1) is 12.5. The van der Waals surface area contributed by atoms with Gasteiger partial charge in [0.15, 0.2) is 0 Å². The summed E-state index contributed by atoms with van der Waals surface area (Å²) in [5.41, 5.74) is 5.43. The van der Waals surface area contributed by atoms with Crippen molar-refractivity contribution >= 4 is 11.9 Å². The van der Waals surface area contributed by atoms with E-state index >= 15 is 0 Å². The Kier molecular flexibility index (Phi) is 2.85. The van der Waals surface area contributed by atoms with E-state index in [2.05, 4.69) is 15.4 Å². The van der Waals surface area contributed by atoms with Gasteiger partial charge in [-0.2, -0.15) is 4.98 Å². The second-order valence-electron chi connectivity index (χ2n) is 4.46. The van der Waals surface area contributed by atoms with Crippen molar-refractivity contribution in [3.05, 3.63) is 41.2 Å². The maximum Gasteiger partial charge on any atom is 0.288 e. The molecule has 1 aliphatic rings. The van der Waals surface area contributed by atoms with Gasteiger partial charge in [0, 0.05) is 18.2 Å². The van der Waals surface area contributed by atoms with Crippen molar-refractivity contribution in [2.75, 3.05) is 11.9 Å². The lowest BCUT2D eigenvalue weighted by atomic mass is 10.0. The lowest BCUT2D eigenvalue weighted by Crippen LogP contribution is -2.25. The summed E-state index contributed by atoms with van der Waals surface area (Å²) in [6, 6.07) is 2.93. The molecule has 104 valence electrons. The topological polar surface area (TPSA) is 85.8 Å². The van der Waals surface area contributed by atoms with Crippen LogP contribution in [0.3, 0.4) is 0 Å². The number of rotatable bonds is 2. The molecule has 20 heavy (non-hydrogen) atoms. The number of halogens is 2. The molecule has 0 radical (unpaired) electrons. The number of hydrogen-bond donors (Lipinski definition) is 2. The molecule has 0 fully saturated rings. The third kappa shape index (κ3) is 1.98. The van der Waals surface area contributed by atoms with Crippen LogP contribution in [0.2, 0.25) is 0 Å². The van der Waals surface area contributed by atoms with Gasteiger partial charge in [0.1, 0.15) is 11.6 Å². The normalized spacial score (nSPS) is 17.4. The molecule has 3 rings (SSSR count). The molecule has 0 saturated carbocycles. The smallest absolute Gasteiger partial charge is 0.288 e. The minimum atomic E-state index is -0.757. The largest absolute Gasteiger partial charge is 0.363 e. The molecule has 1 aromatic heterocycles. The number of carbonyl (C=O) groups excluding carboxylic acids is 1. The number of nitrogens with one attached hydrogen (secondary N) is 1. The molecule has 2 heterocycles. The zero-order valence-corrected chi connectivity index (χ0v) is 10.3. The Labute approximate surface area is 112 Å². The molecule has 2 aromatic rings. The van der Waals surface area contributed by atoms with E-state index in [1.807, 2.05) is 0 Å². The van der Waals surface area contributed by atoms with Gasteiger partial charge in [0.25, 0.3) is 5.91 Å². The van der Waals surface area contributed by atoms with E-state index in [4.69, 9.17) is 5.73 Å². The van der Waals surface area contributed by atoms with Crippen LogP contribution in [0.4, 0.5) is 14.7 Å². The Bertz CT molecular complexity index is 684. The SMILES string of the molecule is NC(=O)c1nc2n(n1)C(c1ccc(F)cc1F)CCN2. The Hall–Kier alpha value is -2.51. The standard InChI is InChI=1S/C12H11F2N5O/c13-6-1-2-7(8(14)5-6)9-3-4-16-12-17-11(10(15)20)18-19(9)12/h1-2,5,9H,3-4H2,(H2,15,20)(H,16,17,18). The van der Waals surface area contributed by atoms with Gasteiger partial charge in [-0.1, -0.05) is 6.07 Å². The summed E-state index contributed by atoms with van der Waals surface area (Å²) in [6.07, 6.45) is 0.539. The van der Waals surface area contributed by atoms with Crippen molar-refractivity contribution in [3.8, 4) is 0 Å². The number of benzene rings is 1. The number of fused-ring (bicyclic) bond motifs is 1. The molecule has 0 aliphatic carbocycles. The minimum absolute atomic E-state index is 0.137. The molecule has 6 nitrogen and oxygen atoms in total. The number of amides is 1.